The molecular weight excluding hydrogens is 1100 g/mol. The molecule has 0 heterocycles. The monoisotopic (exact) mass is 1260 g/mol. The lowest BCUT2D eigenvalue weighted by Crippen LogP contribution is -2.45. The van der Waals surface area contributed by atoms with E-state index in [0.717, 1.165) is 51.4 Å². The zero-order valence-corrected chi connectivity index (χ0v) is 61.1. The number of carbonyl (C=O) groups excluding carboxylic acids is 2. The van der Waals surface area contributed by atoms with E-state index < -0.39 is 12.1 Å². The van der Waals surface area contributed by atoms with E-state index in [4.69, 9.17) is 4.74 Å². The molecule has 0 aromatic rings. The molecule has 1 amide bonds. The van der Waals surface area contributed by atoms with Crippen LogP contribution in [0.4, 0.5) is 0 Å². The number of hydrogen-bond donors (Lipinski definition) is 3. The Kier molecular flexibility index (Phi) is 77.8. The number of allylic oxidation sites excluding steroid dienone is 5. The van der Waals surface area contributed by atoms with Gasteiger partial charge in [-0.15, -0.1) is 0 Å². The Bertz CT molecular complexity index is 1460. The van der Waals surface area contributed by atoms with Crippen LogP contribution in [0.1, 0.15) is 463 Å². The summed E-state index contributed by atoms with van der Waals surface area (Å²) in [6, 6.07) is -0.624. The van der Waals surface area contributed by atoms with Gasteiger partial charge in [-0.3, -0.25) is 9.59 Å². The summed E-state index contributed by atoms with van der Waals surface area (Å²) in [5.74, 6) is -0.0418. The van der Waals surface area contributed by atoms with Crippen molar-refractivity contribution in [3.05, 3.63) is 36.5 Å². The molecule has 0 aliphatic heterocycles. The van der Waals surface area contributed by atoms with Crippen LogP contribution in [0, 0.1) is 0 Å². The maximum Gasteiger partial charge on any atom is 0.305 e. The molecule has 3 N–H and O–H groups in total. The first-order valence-electron chi connectivity index (χ1n) is 41.3. The van der Waals surface area contributed by atoms with Crippen molar-refractivity contribution >= 4 is 11.9 Å². The van der Waals surface area contributed by atoms with Gasteiger partial charge in [-0.25, -0.2) is 0 Å². The smallest absolute Gasteiger partial charge is 0.305 e. The first kappa shape index (κ1) is 88.1. The van der Waals surface area contributed by atoms with Crippen LogP contribution in [0.2, 0.25) is 0 Å². The van der Waals surface area contributed by atoms with Crippen molar-refractivity contribution in [1.29, 1.82) is 0 Å². The van der Waals surface area contributed by atoms with Crippen LogP contribution in [-0.2, 0) is 14.3 Å². The minimum absolute atomic E-state index is 0.0161. The van der Waals surface area contributed by atoms with Crippen molar-refractivity contribution in [2.24, 2.45) is 0 Å². The van der Waals surface area contributed by atoms with Gasteiger partial charge >= 0.3 is 5.97 Å². The minimum Gasteiger partial charge on any atom is -0.466 e. The van der Waals surface area contributed by atoms with Gasteiger partial charge in [0.25, 0.3) is 0 Å². The third-order valence-corrected chi connectivity index (χ3v) is 19.4. The van der Waals surface area contributed by atoms with E-state index in [9.17, 15) is 19.8 Å². The fourth-order valence-electron chi connectivity index (χ4n) is 13.1. The van der Waals surface area contributed by atoms with Crippen LogP contribution in [0.3, 0.4) is 0 Å². The highest BCUT2D eigenvalue weighted by Crippen LogP contribution is 2.20. The molecule has 0 saturated heterocycles. The number of hydrogen-bond acceptors (Lipinski definition) is 5. The molecule has 0 aliphatic rings. The van der Waals surface area contributed by atoms with Crippen LogP contribution >= 0.6 is 0 Å². The van der Waals surface area contributed by atoms with E-state index in [1.807, 2.05) is 6.08 Å². The van der Waals surface area contributed by atoms with Gasteiger partial charge in [0.2, 0.25) is 5.91 Å². The molecule has 0 aliphatic carbocycles. The summed E-state index contributed by atoms with van der Waals surface area (Å²) >= 11 is 0. The highest BCUT2D eigenvalue weighted by atomic mass is 16.5. The van der Waals surface area contributed by atoms with Crippen molar-refractivity contribution < 1.29 is 24.5 Å². The fraction of sp³-hybridized carbons (Fsp3) is 0.905. The third kappa shape index (κ3) is 75.1. The zero-order chi connectivity index (χ0) is 64.9. The van der Waals surface area contributed by atoms with Gasteiger partial charge in [0.05, 0.1) is 25.4 Å². The number of amides is 1. The van der Waals surface area contributed by atoms with Crippen LogP contribution < -0.4 is 5.32 Å². The summed E-state index contributed by atoms with van der Waals surface area (Å²) < 4.78 is 5.51. The third-order valence-electron chi connectivity index (χ3n) is 19.4. The van der Waals surface area contributed by atoms with Crippen LogP contribution in [0.5, 0.6) is 0 Å². The minimum atomic E-state index is -0.841. The topological polar surface area (TPSA) is 95.9 Å². The van der Waals surface area contributed by atoms with Gasteiger partial charge in [-0.05, 0) is 64.2 Å². The highest BCUT2D eigenvalue weighted by Gasteiger charge is 2.18. The Labute approximate surface area is 564 Å². The fourth-order valence-corrected chi connectivity index (χ4v) is 13.1. The van der Waals surface area contributed by atoms with E-state index in [1.54, 1.807) is 6.08 Å². The Balaban J connectivity index is 3.32. The molecule has 532 valence electrons. The summed E-state index contributed by atoms with van der Waals surface area (Å²) in [5.41, 5.74) is 0. The number of rotatable bonds is 78. The molecule has 6 heteroatoms. The van der Waals surface area contributed by atoms with Gasteiger partial charge in [0.15, 0.2) is 0 Å². The Morgan fingerprint density at radius 1 is 0.311 bits per heavy atom. The second-order valence-electron chi connectivity index (χ2n) is 28.5. The van der Waals surface area contributed by atoms with Gasteiger partial charge in [-0.1, -0.05) is 423 Å². The normalized spacial score (nSPS) is 12.6. The maximum atomic E-state index is 12.5. The number of esters is 1. The molecule has 2 unspecified atom stereocenters. The van der Waals surface area contributed by atoms with Crippen molar-refractivity contribution in [1.82, 2.24) is 5.32 Å². The summed E-state index contributed by atoms with van der Waals surface area (Å²) in [6.07, 6.45) is 104. The summed E-state index contributed by atoms with van der Waals surface area (Å²) in [7, 11) is 0. The van der Waals surface area contributed by atoms with Gasteiger partial charge in [-0.2, -0.15) is 0 Å². The summed E-state index contributed by atoms with van der Waals surface area (Å²) in [5, 5.41) is 23.3. The number of ether oxygens (including phenoxy) is 1. The molecule has 0 saturated carbocycles. The number of aliphatic hydroxyl groups is 2. The lowest BCUT2D eigenvalue weighted by Gasteiger charge is -2.20. The molecule has 0 fully saturated rings. The molecule has 0 spiro atoms. The van der Waals surface area contributed by atoms with E-state index in [-0.39, 0.29) is 18.5 Å². The second kappa shape index (κ2) is 79.5. The summed E-state index contributed by atoms with van der Waals surface area (Å²) in [4.78, 5) is 24.6. The number of nitrogens with one attached hydrogen (secondary N) is 1. The first-order chi connectivity index (χ1) is 44.5. The quantitative estimate of drug-likeness (QED) is 0.0320. The molecule has 0 rings (SSSR count). The number of carbonyl (C=O) groups is 2. The van der Waals surface area contributed by atoms with Crippen molar-refractivity contribution in [2.75, 3.05) is 13.2 Å². The van der Waals surface area contributed by atoms with E-state index >= 15 is 0 Å². The molecule has 2 atom stereocenters. The van der Waals surface area contributed by atoms with Crippen LogP contribution in [0.25, 0.3) is 0 Å². The zero-order valence-electron chi connectivity index (χ0n) is 61.1. The van der Waals surface area contributed by atoms with Gasteiger partial charge in [0, 0.05) is 12.8 Å². The molecular formula is C84H161NO5. The number of aliphatic hydroxyl groups excluding tert-OH is 2. The predicted molar refractivity (Wildman–Crippen MR) is 398 cm³/mol. The largest absolute Gasteiger partial charge is 0.466 e. The predicted octanol–water partition coefficient (Wildman–Crippen LogP) is 27.4. The van der Waals surface area contributed by atoms with Crippen molar-refractivity contribution in [3.8, 4) is 0 Å². The second-order valence-corrected chi connectivity index (χ2v) is 28.5. The highest BCUT2D eigenvalue weighted by molar-refractivity contribution is 5.76. The van der Waals surface area contributed by atoms with E-state index in [1.165, 1.54) is 385 Å². The van der Waals surface area contributed by atoms with Crippen LogP contribution in [-0.4, -0.2) is 47.4 Å². The summed E-state index contributed by atoms with van der Waals surface area (Å²) in [6.45, 7) is 4.93. The number of unbranched alkanes of at least 4 members (excludes halogenated alkanes) is 63. The molecule has 90 heavy (non-hydrogen) atoms. The average molecular weight is 1270 g/mol. The molecule has 6 nitrogen and oxygen atoms in total. The molecule has 0 aromatic carbocycles. The van der Waals surface area contributed by atoms with E-state index in [0.29, 0.717) is 19.4 Å². The Hall–Kier alpha value is -1.92. The molecule has 0 radical (unpaired) electrons. The standard InChI is InChI=1S/C84H161NO5/c1-3-5-7-9-11-13-15-17-19-21-41-45-48-52-56-60-64-68-72-76-82(87)81(80-86)85-83(88)77-73-69-65-61-57-53-49-46-42-39-37-35-33-31-29-27-25-23-22-24-26-28-30-32-34-36-38-40-43-47-51-55-59-63-67-71-75-79-90-84(89)78-74-70-66-62-58-54-50-44-20-18-16-14-12-10-8-6-4-2/h12,14,18,20,72,76,81-82,86-87H,3-11,13,15-17,19,21-71,73-75,77-80H2,1-2H3,(H,85,88)/b14-12-,20-18-,76-72+. The lowest BCUT2D eigenvalue weighted by molar-refractivity contribution is -0.143. The van der Waals surface area contributed by atoms with Gasteiger partial charge < -0.3 is 20.3 Å². The molecule has 0 aromatic heterocycles. The van der Waals surface area contributed by atoms with Gasteiger partial charge in [0.1, 0.15) is 0 Å². The lowest BCUT2D eigenvalue weighted by atomic mass is 10.0. The van der Waals surface area contributed by atoms with Crippen LogP contribution in [0.15, 0.2) is 36.5 Å². The first-order valence-corrected chi connectivity index (χ1v) is 41.3. The SMILES string of the molecule is CCCCC/C=C\C/C=C\CCCCCCCCCC(=O)OCCCCCCCCCCCCCCCCCCCCCCCCCCCCCCCCCCCCCCCC(=O)NC(CO)C(O)/C=C/CCCCCCCCCCCCCCCCCCC. The Morgan fingerprint density at radius 3 is 0.867 bits per heavy atom. The molecule has 0 bridgehead atoms. The van der Waals surface area contributed by atoms with Crippen molar-refractivity contribution in [3.63, 3.8) is 0 Å². The average Bonchev–Trinajstić information content (AvgIpc) is 3.58. The maximum absolute atomic E-state index is 12.5. The Morgan fingerprint density at radius 2 is 0.556 bits per heavy atom. The van der Waals surface area contributed by atoms with Crippen molar-refractivity contribution in [2.45, 2.75) is 475 Å². The van der Waals surface area contributed by atoms with E-state index in [2.05, 4.69) is 43.5 Å².